The predicted octanol–water partition coefficient (Wildman–Crippen LogP) is -1.63. The lowest BCUT2D eigenvalue weighted by Gasteiger charge is -2.19. The van der Waals surface area contributed by atoms with Crippen molar-refractivity contribution in [2.24, 2.45) is 10.8 Å². The zero-order valence-corrected chi connectivity index (χ0v) is 9.85. The fourth-order valence-corrected chi connectivity index (χ4v) is 2.26. The lowest BCUT2D eigenvalue weighted by Crippen LogP contribution is -2.34. The third kappa shape index (κ3) is 1.82. The summed E-state index contributed by atoms with van der Waals surface area (Å²) in [6, 6.07) is 0. The Bertz CT molecular complexity index is 507. The van der Waals surface area contributed by atoms with Crippen LogP contribution >= 0.6 is 0 Å². The Kier molecular flexibility index (Phi) is 2.97. The van der Waals surface area contributed by atoms with Crippen LogP contribution in [0.5, 0.6) is 0 Å². The topological polar surface area (TPSA) is 118 Å². The average molecular weight is 271 g/mol. The van der Waals surface area contributed by atoms with Gasteiger partial charge in [0.1, 0.15) is 30.8 Å². The maximum absolute atomic E-state index is 14.0. The second kappa shape index (κ2) is 4.53. The molecule has 1 saturated heterocycles. The molecule has 19 heavy (non-hydrogen) atoms. The van der Waals surface area contributed by atoms with Gasteiger partial charge in [-0.15, -0.1) is 0 Å². The molecule has 8 nitrogen and oxygen atoms in total. The van der Waals surface area contributed by atoms with Crippen molar-refractivity contribution in [3.05, 3.63) is 17.7 Å². The first-order valence-electron chi connectivity index (χ1n) is 5.84. The number of alkyl halides is 1. The van der Waals surface area contributed by atoms with Crippen LogP contribution in [0.15, 0.2) is 11.3 Å². The molecular weight excluding hydrogens is 257 g/mol. The quantitative estimate of drug-likeness (QED) is 0.513. The Morgan fingerprint density at radius 2 is 2.37 bits per heavy atom. The van der Waals surface area contributed by atoms with E-state index in [0.29, 0.717) is 11.5 Å². The van der Waals surface area contributed by atoms with Crippen LogP contribution in [0, 0.1) is 0 Å². The maximum atomic E-state index is 14.0. The van der Waals surface area contributed by atoms with Gasteiger partial charge >= 0.3 is 0 Å². The molecule has 3 rings (SSSR count). The highest BCUT2D eigenvalue weighted by Gasteiger charge is 2.46. The molecule has 2 aliphatic rings. The molecular formula is C10H14FN5O3. The molecule has 5 atom stereocenters. The smallest absolute Gasteiger partial charge is 0.167 e. The minimum Gasteiger partial charge on any atom is -0.394 e. The monoisotopic (exact) mass is 271 g/mol. The molecule has 0 spiro atoms. The molecule has 3 heterocycles. The first-order chi connectivity index (χ1) is 9.13. The van der Waals surface area contributed by atoms with E-state index in [-0.39, 0.29) is 0 Å². The van der Waals surface area contributed by atoms with Gasteiger partial charge in [-0.2, -0.15) is 5.10 Å². The summed E-state index contributed by atoms with van der Waals surface area (Å²) >= 11 is 0. The second-order valence-corrected chi connectivity index (χ2v) is 4.45. The molecule has 104 valence electrons. The van der Waals surface area contributed by atoms with Gasteiger partial charge in [0, 0.05) is 0 Å². The number of nitrogens with zero attached hydrogens (tertiary/aromatic N) is 3. The Hall–Kier alpha value is -1.55. The van der Waals surface area contributed by atoms with E-state index >= 15 is 0 Å². The van der Waals surface area contributed by atoms with Crippen LogP contribution in [0.2, 0.25) is 0 Å². The number of ether oxygens (including phenoxy) is 1. The SMILES string of the molecule is NC1NC=Nn2c([C@@H]3O[C@H](CO)[C@@H](O)[C@H]3F)cnc21. The summed E-state index contributed by atoms with van der Waals surface area (Å²) in [7, 11) is 0. The Morgan fingerprint density at radius 1 is 1.58 bits per heavy atom. The molecule has 1 fully saturated rings. The summed E-state index contributed by atoms with van der Waals surface area (Å²) < 4.78 is 20.7. The third-order valence-corrected chi connectivity index (χ3v) is 3.29. The summed E-state index contributed by atoms with van der Waals surface area (Å²) in [6.07, 6.45) is -2.76. The van der Waals surface area contributed by atoms with Gasteiger partial charge in [-0.3, -0.25) is 0 Å². The van der Waals surface area contributed by atoms with Crippen LogP contribution in [0.1, 0.15) is 23.8 Å². The molecule has 0 bridgehead atoms. The highest BCUT2D eigenvalue weighted by atomic mass is 19.1. The van der Waals surface area contributed by atoms with Crippen molar-refractivity contribution in [3.63, 3.8) is 0 Å². The summed E-state index contributed by atoms with van der Waals surface area (Å²) in [5.74, 6) is 0.426. The molecule has 0 aromatic carbocycles. The molecule has 0 amide bonds. The maximum Gasteiger partial charge on any atom is 0.167 e. The second-order valence-electron chi connectivity index (χ2n) is 4.45. The fourth-order valence-electron chi connectivity index (χ4n) is 2.26. The van der Waals surface area contributed by atoms with Crippen molar-refractivity contribution >= 4 is 6.34 Å². The van der Waals surface area contributed by atoms with Gasteiger partial charge in [0.05, 0.1) is 18.5 Å². The first kappa shape index (κ1) is 12.5. The number of fused-ring (bicyclic) bond motifs is 1. The van der Waals surface area contributed by atoms with E-state index in [1.165, 1.54) is 17.2 Å². The zero-order valence-electron chi connectivity index (χ0n) is 9.85. The van der Waals surface area contributed by atoms with E-state index in [0.717, 1.165) is 0 Å². The van der Waals surface area contributed by atoms with Crippen LogP contribution in [-0.2, 0) is 4.74 Å². The number of nitrogens with one attached hydrogen (secondary N) is 1. The van der Waals surface area contributed by atoms with E-state index in [1.807, 2.05) is 0 Å². The number of aromatic nitrogens is 2. The van der Waals surface area contributed by atoms with E-state index in [4.69, 9.17) is 15.6 Å². The molecule has 5 N–H and O–H groups in total. The van der Waals surface area contributed by atoms with Crippen molar-refractivity contribution in [1.29, 1.82) is 0 Å². The lowest BCUT2D eigenvalue weighted by molar-refractivity contribution is -0.0245. The van der Waals surface area contributed by atoms with Gasteiger partial charge in [-0.05, 0) is 0 Å². The molecule has 1 unspecified atom stereocenters. The number of imidazole rings is 1. The zero-order chi connectivity index (χ0) is 13.6. The van der Waals surface area contributed by atoms with E-state index < -0.39 is 37.3 Å². The third-order valence-electron chi connectivity index (χ3n) is 3.29. The number of hydrogen-bond acceptors (Lipinski definition) is 7. The molecule has 2 aliphatic heterocycles. The summed E-state index contributed by atoms with van der Waals surface area (Å²) in [6.45, 7) is -0.455. The number of nitrogens with two attached hydrogens (primary N) is 1. The van der Waals surface area contributed by atoms with Gasteiger partial charge in [-0.1, -0.05) is 0 Å². The predicted molar refractivity (Wildman–Crippen MR) is 61.8 cm³/mol. The minimum atomic E-state index is -1.65. The average Bonchev–Trinajstić information content (AvgIpc) is 2.94. The largest absolute Gasteiger partial charge is 0.394 e. The van der Waals surface area contributed by atoms with Gasteiger partial charge in [0.15, 0.2) is 12.0 Å². The standard InChI is InChI=1S/C10H14FN5O3/c11-6-7(18)5(2-17)19-8(6)4-1-13-10-9(12)14-3-15-16(4)10/h1,3,5-9,17-18H,2,12H2,(H,14,15)/t5-,6-,7-,8+,9?/m1/s1. The van der Waals surface area contributed by atoms with Crippen molar-refractivity contribution in [2.75, 3.05) is 6.61 Å². The molecule has 1 aromatic rings. The number of rotatable bonds is 2. The van der Waals surface area contributed by atoms with Crippen molar-refractivity contribution in [3.8, 4) is 0 Å². The Balaban J connectivity index is 1.94. The van der Waals surface area contributed by atoms with Crippen LogP contribution in [0.3, 0.4) is 0 Å². The highest BCUT2D eigenvalue weighted by molar-refractivity contribution is 5.56. The van der Waals surface area contributed by atoms with Gasteiger partial charge in [-0.25, -0.2) is 14.1 Å². The van der Waals surface area contributed by atoms with Crippen LogP contribution in [0.4, 0.5) is 4.39 Å². The van der Waals surface area contributed by atoms with Gasteiger partial charge in [0.2, 0.25) is 0 Å². The Morgan fingerprint density at radius 3 is 3.05 bits per heavy atom. The van der Waals surface area contributed by atoms with E-state index in [9.17, 15) is 9.50 Å². The van der Waals surface area contributed by atoms with E-state index in [2.05, 4.69) is 15.4 Å². The van der Waals surface area contributed by atoms with Crippen molar-refractivity contribution < 1.29 is 19.3 Å². The summed E-state index contributed by atoms with van der Waals surface area (Å²) in [4.78, 5) is 4.06. The number of aliphatic hydroxyl groups is 2. The van der Waals surface area contributed by atoms with Crippen LogP contribution in [0.25, 0.3) is 0 Å². The van der Waals surface area contributed by atoms with Gasteiger partial charge < -0.3 is 26.0 Å². The normalized spacial score (nSPS) is 37.2. The summed E-state index contributed by atoms with van der Waals surface area (Å²) in [5, 5.41) is 25.4. The first-order valence-corrected chi connectivity index (χ1v) is 5.84. The van der Waals surface area contributed by atoms with Gasteiger partial charge in [0.25, 0.3) is 0 Å². The molecule has 0 saturated carbocycles. The molecule has 9 heteroatoms. The van der Waals surface area contributed by atoms with E-state index in [1.54, 1.807) is 0 Å². The molecule has 1 aromatic heterocycles. The number of halogens is 1. The van der Waals surface area contributed by atoms with Crippen molar-refractivity contribution in [2.45, 2.75) is 30.6 Å². The molecule has 0 radical (unpaired) electrons. The van der Waals surface area contributed by atoms with Crippen LogP contribution < -0.4 is 11.1 Å². The summed E-state index contributed by atoms with van der Waals surface area (Å²) in [5.41, 5.74) is 6.12. The number of aliphatic hydroxyl groups excluding tert-OH is 2. The van der Waals surface area contributed by atoms with Crippen LogP contribution in [-0.4, -0.2) is 51.2 Å². The lowest BCUT2D eigenvalue weighted by atomic mass is 10.1. The highest BCUT2D eigenvalue weighted by Crippen LogP contribution is 2.36. The van der Waals surface area contributed by atoms with Crippen molar-refractivity contribution in [1.82, 2.24) is 15.0 Å². The number of hydrogen-bond donors (Lipinski definition) is 4. The minimum absolute atomic E-state index is 0.353. The Labute approximate surface area is 107 Å². The molecule has 0 aliphatic carbocycles. The fraction of sp³-hybridized carbons (Fsp3) is 0.600.